The number of hydrogen-bond donors (Lipinski definition) is 0. The van der Waals surface area contributed by atoms with Crippen molar-refractivity contribution in [2.24, 2.45) is 11.8 Å². The fourth-order valence-corrected chi connectivity index (χ4v) is 6.21. The lowest BCUT2D eigenvalue weighted by atomic mass is 9.83. The second-order valence-corrected chi connectivity index (χ2v) is 9.95. The summed E-state index contributed by atoms with van der Waals surface area (Å²) < 4.78 is 0. The number of non-ortho nitro benzene ring substituents is 1. The van der Waals surface area contributed by atoms with Crippen molar-refractivity contribution in [1.29, 1.82) is 0 Å². The SMILES string of the molecule is O=C(c1ccc(Cl)cc1Cl)[C@@H]1[C@@H]2C(=O)N(c3cccc([N+](=O)[O-])c3)C(=O)[C@@H]2C2c3ccccc3C=CN21. The predicted octanol–water partition coefficient (Wildman–Crippen LogP) is 5.30. The van der Waals surface area contributed by atoms with Crippen LogP contribution in [-0.2, 0) is 9.59 Å². The van der Waals surface area contributed by atoms with Crippen LogP contribution in [0, 0.1) is 22.0 Å². The molecule has 0 spiro atoms. The third-order valence-electron chi connectivity index (χ3n) is 7.23. The molecule has 184 valence electrons. The fraction of sp³-hybridized carbons (Fsp3) is 0.148. The molecule has 0 aliphatic carbocycles. The normalized spacial score (nSPS) is 23.6. The number of nitrogens with zero attached hydrogens (tertiary/aromatic N) is 3. The summed E-state index contributed by atoms with van der Waals surface area (Å²) >= 11 is 12.4. The van der Waals surface area contributed by atoms with Crippen LogP contribution >= 0.6 is 23.2 Å². The van der Waals surface area contributed by atoms with E-state index < -0.39 is 46.4 Å². The van der Waals surface area contributed by atoms with Gasteiger partial charge in [-0.15, -0.1) is 0 Å². The molecule has 1 unspecified atom stereocenters. The van der Waals surface area contributed by atoms with Crippen LogP contribution in [0.2, 0.25) is 10.0 Å². The van der Waals surface area contributed by atoms with Gasteiger partial charge in [-0.1, -0.05) is 53.5 Å². The number of Topliss-reactive ketones (excluding diaryl/α,β-unsaturated/α-hetero) is 1. The van der Waals surface area contributed by atoms with Crippen LogP contribution in [0.5, 0.6) is 0 Å². The largest absolute Gasteiger partial charge is 0.358 e. The van der Waals surface area contributed by atoms with Crippen molar-refractivity contribution in [2.45, 2.75) is 12.1 Å². The van der Waals surface area contributed by atoms with Crippen LogP contribution in [0.4, 0.5) is 11.4 Å². The lowest BCUT2D eigenvalue weighted by Gasteiger charge is -2.35. The van der Waals surface area contributed by atoms with Crippen LogP contribution in [0.1, 0.15) is 27.5 Å². The zero-order valence-electron chi connectivity index (χ0n) is 19.0. The van der Waals surface area contributed by atoms with Crippen molar-refractivity contribution < 1.29 is 19.3 Å². The highest BCUT2D eigenvalue weighted by atomic mass is 35.5. The Kier molecular flexibility index (Phi) is 5.40. The van der Waals surface area contributed by atoms with Gasteiger partial charge in [-0.25, -0.2) is 4.90 Å². The molecule has 4 atom stereocenters. The first-order valence-corrected chi connectivity index (χ1v) is 12.2. The number of amides is 2. The third-order valence-corrected chi connectivity index (χ3v) is 7.77. The number of halogens is 2. The first-order valence-electron chi connectivity index (χ1n) is 11.4. The van der Waals surface area contributed by atoms with Gasteiger partial charge in [0.15, 0.2) is 5.78 Å². The maximum absolute atomic E-state index is 14.0. The van der Waals surface area contributed by atoms with E-state index in [2.05, 4.69) is 0 Å². The minimum atomic E-state index is -1.02. The Morgan fingerprint density at radius 2 is 1.68 bits per heavy atom. The summed E-state index contributed by atoms with van der Waals surface area (Å²) in [5.41, 5.74) is 1.74. The Balaban J connectivity index is 1.50. The van der Waals surface area contributed by atoms with Crippen molar-refractivity contribution in [3.05, 3.63) is 110 Å². The number of imide groups is 1. The molecule has 2 saturated heterocycles. The molecule has 3 aliphatic rings. The van der Waals surface area contributed by atoms with Crippen molar-refractivity contribution in [2.75, 3.05) is 4.90 Å². The van der Waals surface area contributed by atoms with Gasteiger partial charge in [-0.2, -0.15) is 0 Å². The molecule has 0 saturated carbocycles. The zero-order chi connectivity index (χ0) is 26.0. The topological polar surface area (TPSA) is 101 Å². The maximum Gasteiger partial charge on any atom is 0.271 e. The molecule has 0 aromatic heterocycles. The van der Waals surface area contributed by atoms with E-state index in [4.69, 9.17) is 23.2 Å². The van der Waals surface area contributed by atoms with E-state index in [1.807, 2.05) is 30.3 Å². The van der Waals surface area contributed by atoms with Crippen LogP contribution in [0.3, 0.4) is 0 Å². The van der Waals surface area contributed by atoms with E-state index in [1.165, 1.54) is 36.4 Å². The van der Waals surface area contributed by atoms with Gasteiger partial charge in [0, 0.05) is 28.9 Å². The summed E-state index contributed by atoms with van der Waals surface area (Å²) in [5.74, 6) is -3.40. The Morgan fingerprint density at radius 1 is 0.919 bits per heavy atom. The van der Waals surface area contributed by atoms with Crippen molar-refractivity contribution in [1.82, 2.24) is 4.90 Å². The second kappa shape index (κ2) is 8.54. The summed E-state index contributed by atoms with van der Waals surface area (Å²) in [4.78, 5) is 55.2. The Bertz CT molecular complexity index is 1550. The number of ketones is 1. The lowest BCUT2D eigenvalue weighted by Crippen LogP contribution is -2.44. The number of carbonyl (C=O) groups is 3. The molecule has 2 fully saturated rings. The molecule has 3 aliphatic heterocycles. The third kappa shape index (κ3) is 3.48. The lowest BCUT2D eigenvalue weighted by molar-refractivity contribution is -0.384. The summed E-state index contributed by atoms with van der Waals surface area (Å²) in [5, 5.41) is 11.8. The van der Waals surface area contributed by atoms with E-state index in [9.17, 15) is 24.5 Å². The number of carbonyl (C=O) groups excluding carboxylic acids is 3. The predicted molar refractivity (Wildman–Crippen MR) is 137 cm³/mol. The molecule has 2 amide bonds. The fourth-order valence-electron chi connectivity index (χ4n) is 5.71. The molecule has 10 heteroatoms. The van der Waals surface area contributed by atoms with Crippen molar-refractivity contribution >= 4 is 58.3 Å². The van der Waals surface area contributed by atoms with Crippen molar-refractivity contribution in [3.8, 4) is 0 Å². The quantitative estimate of drug-likeness (QED) is 0.195. The van der Waals surface area contributed by atoms with E-state index in [0.29, 0.717) is 5.02 Å². The van der Waals surface area contributed by atoms with E-state index in [-0.39, 0.29) is 22.0 Å². The van der Waals surface area contributed by atoms with Gasteiger partial charge in [0.1, 0.15) is 6.04 Å². The first kappa shape index (κ1) is 23.4. The second-order valence-electron chi connectivity index (χ2n) is 9.11. The number of anilines is 1. The minimum Gasteiger partial charge on any atom is -0.358 e. The standard InChI is InChI=1S/C27H17Cl2N3O5/c28-15-8-9-19(20(29)12-15)25(33)24-22-21(23-18-7-2-1-4-14(18)10-11-30(23)24)26(34)31(27(22)35)16-5-3-6-17(13-16)32(36)37/h1-13,21-24H/t21-,22+,23?,24-/m0/s1. The van der Waals surface area contributed by atoms with Crippen molar-refractivity contribution in [3.63, 3.8) is 0 Å². The highest BCUT2D eigenvalue weighted by molar-refractivity contribution is 6.37. The molecule has 0 radical (unpaired) electrons. The van der Waals surface area contributed by atoms with Gasteiger partial charge < -0.3 is 4.90 Å². The van der Waals surface area contributed by atoms with Crippen LogP contribution in [-0.4, -0.2) is 33.5 Å². The number of nitro groups is 1. The number of hydrogen-bond acceptors (Lipinski definition) is 6. The molecule has 8 nitrogen and oxygen atoms in total. The molecule has 3 aromatic rings. The van der Waals surface area contributed by atoms with Gasteiger partial charge in [0.05, 0.1) is 33.5 Å². The summed E-state index contributed by atoms with van der Waals surface area (Å²) in [6.07, 6.45) is 3.60. The first-order chi connectivity index (χ1) is 17.8. The minimum absolute atomic E-state index is 0.0977. The van der Waals surface area contributed by atoms with Crippen LogP contribution in [0.15, 0.2) is 72.9 Å². The Morgan fingerprint density at radius 3 is 2.43 bits per heavy atom. The summed E-state index contributed by atoms with van der Waals surface area (Å²) in [7, 11) is 0. The highest BCUT2D eigenvalue weighted by Gasteiger charge is 2.64. The van der Waals surface area contributed by atoms with E-state index >= 15 is 0 Å². The van der Waals surface area contributed by atoms with Gasteiger partial charge >= 0.3 is 0 Å². The molecular formula is C27H17Cl2N3O5. The van der Waals surface area contributed by atoms with E-state index in [1.54, 1.807) is 17.2 Å². The summed E-state index contributed by atoms with van der Waals surface area (Å²) in [6, 6.07) is 15.8. The highest BCUT2D eigenvalue weighted by Crippen LogP contribution is 2.54. The molecule has 0 N–H and O–H groups in total. The average molecular weight is 534 g/mol. The van der Waals surface area contributed by atoms with Crippen LogP contribution in [0.25, 0.3) is 6.08 Å². The average Bonchev–Trinajstić information content (AvgIpc) is 3.36. The van der Waals surface area contributed by atoms with Crippen LogP contribution < -0.4 is 4.90 Å². The molecule has 3 aromatic carbocycles. The molecule has 37 heavy (non-hydrogen) atoms. The number of fused-ring (bicyclic) bond motifs is 5. The smallest absolute Gasteiger partial charge is 0.271 e. The number of rotatable bonds is 4. The van der Waals surface area contributed by atoms with Gasteiger partial charge in [0.2, 0.25) is 11.8 Å². The molecule has 3 heterocycles. The Hall–Kier alpha value is -4.01. The molecule has 6 rings (SSSR count). The molecule has 0 bridgehead atoms. The van der Waals surface area contributed by atoms with E-state index in [0.717, 1.165) is 16.0 Å². The molecular weight excluding hydrogens is 517 g/mol. The number of nitro benzene ring substituents is 1. The monoisotopic (exact) mass is 533 g/mol. The zero-order valence-corrected chi connectivity index (χ0v) is 20.5. The maximum atomic E-state index is 14.0. The Labute approximate surface area is 220 Å². The summed E-state index contributed by atoms with van der Waals surface area (Å²) in [6.45, 7) is 0. The van der Waals surface area contributed by atoms with Gasteiger partial charge in [0.25, 0.3) is 5.69 Å². The van der Waals surface area contributed by atoms with Gasteiger partial charge in [-0.3, -0.25) is 24.5 Å². The van der Waals surface area contributed by atoms with Gasteiger partial charge in [-0.05, 0) is 41.5 Å². The number of benzene rings is 3.